The van der Waals surface area contributed by atoms with Gasteiger partial charge in [0.05, 0.1) is 5.56 Å². The van der Waals surface area contributed by atoms with Gasteiger partial charge in [-0.15, -0.1) is 0 Å². The zero-order chi connectivity index (χ0) is 20.5. The number of piperidine rings is 2. The minimum Gasteiger partial charge on any atom is -0.356 e. The molecule has 5 nitrogen and oxygen atoms in total. The standard InChI is InChI=1S/C21H23F3N4O/c22-21(23,24)17-2-1-9-26-19(17)27-12-7-20(8-13-27)6-3-18(29)28(15-20)14-16-4-10-25-11-5-16/h1-2,4-5,9-11H,3,6-8,12-15H2. The molecule has 1 amide bonds. The number of anilines is 1. The zero-order valence-electron chi connectivity index (χ0n) is 16.0. The summed E-state index contributed by atoms with van der Waals surface area (Å²) in [6.45, 7) is 2.22. The average molecular weight is 404 g/mol. The summed E-state index contributed by atoms with van der Waals surface area (Å²) in [5.74, 6) is 0.148. The van der Waals surface area contributed by atoms with Crippen molar-refractivity contribution in [3.63, 3.8) is 0 Å². The van der Waals surface area contributed by atoms with Gasteiger partial charge in [-0.1, -0.05) is 0 Å². The van der Waals surface area contributed by atoms with Gasteiger partial charge in [0.25, 0.3) is 0 Å². The highest BCUT2D eigenvalue weighted by Gasteiger charge is 2.43. The van der Waals surface area contributed by atoms with Gasteiger partial charge in [-0.05, 0) is 54.5 Å². The van der Waals surface area contributed by atoms with E-state index in [2.05, 4.69) is 9.97 Å². The maximum absolute atomic E-state index is 13.3. The fraction of sp³-hybridized carbons (Fsp3) is 0.476. The molecule has 154 valence electrons. The van der Waals surface area contributed by atoms with E-state index in [0.717, 1.165) is 30.9 Å². The second-order valence-corrected chi connectivity index (χ2v) is 7.96. The molecule has 2 fully saturated rings. The van der Waals surface area contributed by atoms with Crippen molar-refractivity contribution in [3.8, 4) is 0 Å². The minimum absolute atomic E-state index is 0.00961. The molecule has 2 saturated heterocycles. The predicted octanol–water partition coefficient (Wildman–Crippen LogP) is 3.90. The summed E-state index contributed by atoms with van der Waals surface area (Å²) < 4.78 is 40.0. The van der Waals surface area contributed by atoms with Crippen LogP contribution < -0.4 is 4.90 Å². The monoisotopic (exact) mass is 404 g/mol. The van der Waals surface area contributed by atoms with Crippen LogP contribution in [0.3, 0.4) is 0 Å². The van der Waals surface area contributed by atoms with Crippen molar-refractivity contribution in [2.24, 2.45) is 5.41 Å². The molecule has 0 radical (unpaired) electrons. The molecule has 4 heterocycles. The molecule has 2 aliphatic heterocycles. The molecule has 2 aromatic heterocycles. The van der Waals surface area contributed by atoms with Crippen molar-refractivity contribution in [2.45, 2.75) is 38.4 Å². The van der Waals surface area contributed by atoms with Gasteiger partial charge in [0, 0.05) is 51.2 Å². The average Bonchev–Trinajstić information content (AvgIpc) is 2.72. The number of pyridine rings is 2. The topological polar surface area (TPSA) is 49.3 Å². The quantitative estimate of drug-likeness (QED) is 0.779. The van der Waals surface area contributed by atoms with Crippen LogP contribution in [-0.4, -0.2) is 40.4 Å². The number of amides is 1. The molecule has 0 unspecified atom stereocenters. The van der Waals surface area contributed by atoms with Gasteiger partial charge in [-0.2, -0.15) is 13.2 Å². The number of rotatable bonds is 3. The Labute approximate surface area is 167 Å². The maximum Gasteiger partial charge on any atom is 0.419 e. The zero-order valence-corrected chi connectivity index (χ0v) is 16.0. The summed E-state index contributed by atoms with van der Waals surface area (Å²) in [7, 11) is 0. The van der Waals surface area contributed by atoms with E-state index in [0.29, 0.717) is 32.6 Å². The fourth-order valence-electron chi connectivity index (χ4n) is 4.43. The molecule has 29 heavy (non-hydrogen) atoms. The van der Waals surface area contributed by atoms with Crippen molar-refractivity contribution >= 4 is 11.7 Å². The van der Waals surface area contributed by atoms with Gasteiger partial charge in [0.1, 0.15) is 5.82 Å². The molecule has 0 bridgehead atoms. The first-order chi connectivity index (χ1) is 13.9. The fourth-order valence-corrected chi connectivity index (χ4v) is 4.43. The Morgan fingerprint density at radius 2 is 1.76 bits per heavy atom. The van der Waals surface area contributed by atoms with Crippen LogP contribution in [0.2, 0.25) is 0 Å². The van der Waals surface area contributed by atoms with Gasteiger partial charge >= 0.3 is 6.18 Å². The molecule has 0 saturated carbocycles. The lowest BCUT2D eigenvalue weighted by atomic mass is 9.72. The van der Waals surface area contributed by atoms with Crippen LogP contribution in [0.5, 0.6) is 0 Å². The van der Waals surface area contributed by atoms with E-state index < -0.39 is 11.7 Å². The Bertz CT molecular complexity index is 864. The summed E-state index contributed by atoms with van der Waals surface area (Å²) in [4.78, 5) is 24.1. The first-order valence-corrected chi connectivity index (χ1v) is 9.80. The van der Waals surface area contributed by atoms with Gasteiger partial charge in [-0.3, -0.25) is 9.78 Å². The Morgan fingerprint density at radius 1 is 1.03 bits per heavy atom. The van der Waals surface area contributed by atoms with Crippen molar-refractivity contribution in [1.29, 1.82) is 0 Å². The van der Waals surface area contributed by atoms with Crippen LogP contribution in [0.25, 0.3) is 0 Å². The highest BCUT2D eigenvalue weighted by atomic mass is 19.4. The van der Waals surface area contributed by atoms with Crippen LogP contribution in [0.4, 0.5) is 19.0 Å². The third kappa shape index (κ3) is 4.21. The molecule has 0 aromatic carbocycles. The molecular formula is C21H23F3N4O. The molecule has 0 atom stereocenters. The highest BCUT2D eigenvalue weighted by Crippen LogP contribution is 2.43. The number of hydrogen-bond donors (Lipinski definition) is 0. The van der Waals surface area contributed by atoms with E-state index in [1.807, 2.05) is 17.0 Å². The molecule has 0 aliphatic carbocycles. The van der Waals surface area contributed by atoms with Crippen LogP contribution in [0.1, 0.15) is 36.8 Å². The van der Waals surface area contributed by atoms with Gasteiger partial charge in [-0.25, -0.2) is 4.98 Å². The molecule has 4 rings (SSSR count). The first kappa shape index (κ1) is 19.7. The van der Waals surface area contributed by atoms with Crippen molar-refractivity contribution in [1.82, 2.24) is 14.9 Å². The van der Waals surface area contributed by atoms with E-state index in [1.54, 1.807) is 17.3 Å². The Balaban J connectivity index is 1.45. The normalized spacial score (nSPS) is 19.6. The van der Waals surface area contributed by atoms with Crippen LogP contribution >= 0.6 is 0 Å². The first-order valence-electron chi connectivity index (χ1n) is 9.80. The molecule has 1 spiro atoms. The van der Waals surface area contributed by atoms with Crippen LogP contribution in [0, 0.1) is 5.41 Å². The largest absolute Gasteiger partial charge is 0.419 e. The SMILES string of the molecule is O=C1CCC2(CCN(c3ncccc3C(F)(F)F)CC2)CN1Cc1ccncc1. The lowest BCUT2D eigenvalue weighted by Gasteiger charge is -2.48. The third-order valence-corrected chi connectivity index (χ3v) is 6.09. The number of hydrogen-bond acceptors (Lipinski definition) is 4. The second-order valence-electron chi connectivity index (χ2n) is 7.96. The van der Waals surface area contributed by atoms with Crippen molar-refractivity contribution in [3.05, 3.63) is 54.0 Å². The molecule has 8 heteroatoms. The van der Waals surface area contributed by atoms with Crippen molar-refractivity contribution in [2.75, 3.05) is 24.5 Å². The number of halogens is 3. The molecular weight excluding hydrogens is 381 g/mol. The van der Waals surface area contributed by atoms with Crippen LogP contribution in [0.15, 0.2) is 42.9 Å². The van der Waals surface area contributed by atoms with E-state index in [-0.39, 0.29) is 17.1 Å². The van der Waals surface area contributed by atoms with E-state index in [1.165, 1.54) is 12.3 Å². The Hall–Kier alpha value is -2.64. The second kappa shape index (κ2) is 7.65. The number of alkyl halides is 3. The lowest BCUT2D eigenvalue weighted by Crippen LogP contribution is -2.51. The number of aromatic nitrogens is 2. The van der Waals surface area contributed by atoms with Gasteiger partial charge in [0.15, 0.2) is 0 Å². The maximum atomic E-state index is 13.3. The third-order valence-electron chi connectivity index (χ3n) is 6.09. The number of likely N-dealkylation sites (tertiary alicyclic amines) is 1. The molecule has 0 N–H and O–H groups in total. The van der Waals surface area contributed by atoms with Crippen molar-refractivity contribution < 1.29 is 18.0 Å². The predicted molar refractivity (Wildman–Crippen MR) is 102 cm³/mol. The van der Waals surface area contributed by atoms with Gasteiger partial charge < -0.3 is 9.80 Å². The summed E-state index contributed by atoms with van der Waals surface area (Å²) in [5.41, 5.74) is 0.310. The van der Waals surface area contributed by atoms with Gasteiger partial charge in [0.2, 0.25) is 5.91 Å². The summed E-state index contributed by atoms with van der Waals surface area (Å²) in [5, 5.41) is 0. The summed E-state index contributed by atoms with van der Waals surface area (Å²) >= 11 is 0. The summed E-state index contributed by atoms with van der Waals surface area (Å²) in [6, 6.07) is 6.21. The lowest BCUT2D eigenvalue weighted by molar-refractivity contribution is -0.139. The van der Waals surface area contributed by atoms with E-state index in [9.17, 15) is 18.0 Å². The smallest absolute Gasteiger partial charge is 0.356 e. The molecule has 2 aliphatic rings. The molecule has 2 aromatic rings. The number of nitrogens with zero attached hydrogens (tertiary/aromatic N) is 4. The highest BCUT2D eigenvalue weighted by molar-refractivity contribution is 5.77. The Kier molecular flexibility index (Phi) is 5.19. The number of carbonyl (C=O) groups is 1. The van der Waals surface area contributed by atoms with E-state index >= 15 is 0 Å². The number of carbonyl (C=O) groups excluding carboxylic acids is 1. The Morgan fingerprint density at radius 3 is 2.45 bits per heavy atom. The minimum atomic E-state index is -4.42. The van der Waals surface area contributed by atoms with Crippen LogP contribution in [-0.2, 0) is 17.5 Å². The summed E-state index contributed by atoms with van der Waals surface area (Å²) in [6.07, 6.45) is 3.19. The van der Waals surface area contributed by atoms with E-state index in [4.69, 9.17) is 0 Å².